The molecule has 0 aliphatic carbocycles. The van der Waals surface area contributed by atoms with Crippen molar-refractivity contribution in [3.63, 3.8) is 0 Å². The Labute approximate surface area is 208 Å². The van der Waals surface area contributed by atoms with Crippen LogP contribution in [-0.2, 0) is 9.47 Å². The number of terminal acetylenes is 3. The third kappa shape index (κ3) is 10.9. The van der Waals surface area contributed by atoms with E-state index >= 15 is 0 Å². The monoisotopic (exact) mass is 473 g/mol. The number of carbonyl (C=O) groups excluding carboxylic acids is 2. The van der Waals surface area contributed by atoms with E-state index in [1.807, 2.05) is 44.7 Å². The maximum atomic E-state index is 11.7. The van der Waals surface area contributed by atoms with E-state index in [1.165, 1.54) is 0 Å². The van der Waals surface area contributed by atoms with Crippen LogP contribution in [-0.4, -0.2) is 43.8 Å². The van der Waals surface area contributed by atoms with Crippen LogP contribution in [0.5, 0.6) is 5.75 Å². The molecule has 2 aromatic carbocycles. The summed E-state index contributed by atoms with van der Waals surface area (Å²) < 4.78 is 15.3. The molecule has 35 heavy (non-hydrogen) atoms. The minimum atomic E-state index is -0.335. The van der Waals surface area contributed by atoms with Gasteiger partial charge in [-0.1, -0.05) is 17.8 Å². The summed E-state index contributed by atoms with van der Waals surface area (Å²) in [5, 5.41) is 0. The fraction of sp³-hybridized carbons (Fsp3) is 0.310. The molecule has 0 aliphatic heterocycles. The van der Waals surface area contributed by atoms with Gasteiger partial charge in [-0.2, -0.15) is 0 Å². The zero-order valence-electron chi connectivity index (χ0n) is 20.6. The number of hydrogen-bond donors (Lipinski definition) is 0. The van der Waals surface area contributed by atoms with Crippen molar-refractivity contribution < 1.29 is 23.8 Å². The molecule has 0 N–H and O–H groups in total. The lowest BCUT2D eigenvalue weighted by molar-refractivity contribution is 0.0367. The van der Waals surface area contributed by atoms with Gasteiger partial charge in [-0.15, -0.1) is 19.3 Å². The van der Waals surface area contributed by atoms with E-state index in [0.29, 0.717) is 30.0 Å². The van der Waals surface area contributed by atoms with Gasteiger partial charge in [0.25, 0.3) is 0 Å². The van der Waals surface area contributed by atoms with Crippen molar-refractivity contribution in [2.45, 2.75) is 39.9 Å². The van der Waals surface area contributed by atoms with Crippen molar-refractivity contribution in [3.8, 4) is 42.8 Å². The van der Waals surface area contributed by atoms with Crippen LogP contribution < -0.4 is 9.64 Å². The fourth-order valence-electron chi connectivity index (χ4n) is 2.64. The molecule has 182 valence electrons. The van der Waals surface area contributed by atoms with E-state index in [1.54, 1.807) is 36.4 Å². The lowest BCUT2D eigenvalue weighted by atomic mass is 10.2. The molecule has 0 aromatic heterocycles. The van der Waals surface area contributed by atoms with E-state index in [2.05, 4.69) is 17.8 Å². The van der Waals surface area contributed by atoms with Gasteiger partial charge in [0.1, 0.15) is 12.4 Å². The molecule has 0 atom stereocenters. The number of esters is 2. The first-order valence-corrected chi connectivity index (χ1v) is 11.0. The van der Waals surface area contributed by atoms with Crippen molar-refractivity contribution >= 4 is 17.6 Å². The molecular weight excluding hydrogens is 442 g/mol. The first-order chi connectivity index (χ1) is 16.7. The lowest BCUT2D eigenvalue weighted by Crippen LogP contribution is -2.23. The Kier molecular flexibility index (Phi) is 12.7. The van der Waals surface area contributed by atoms with Crippen LogP contribution in [0.25, 0.3) is 0 Å². The molecule has 0 saturated heterocycles. The molecular formula is C29H31NO5. The highest BCUT2D eigenvalue weighted by Crippen LogP contribution is 2.16. The molecule has 2 rings (SSSR count). The highest BCUT2D eigenvalue weighted by Gasteiger charge is 2.11. The SMILES string of the molecule is C#CCN(CC#C)c1ccc(C(=O)OC(C)C)cc1.C#CCOc1ccc(C(=O)OC(C)C)cc1. The van der Waals surface area contributed by atoms with Crippen molar-refractivity contribution in [2.24, 2.45) is 0 Å². The molecule has 0 heterocycles. The first kappa shape index (κ1) is 28.7. The van der Waals surface area contributed by atoms with Gasteiger partial charge >= 0.3 is 11.9 Å². The first-order valence-electron chi connectivity index (χ1n) is 11.0. The smallest absolute Gasteiger partial charge is 0.338 e. The lowest BCUT2D eigenvalue weighted by Gasteiger charge is -2.19. The summed E-state index contributed by atoms with van der Waals surface area (Å²) in [5.74, 6) is 7.44. The van der Waals surface area contributed by atoms with Crippen LogP contribution in [0, 0.1) is 37.0 Å². The maximum Gasteiger partial charge on any atom is 0.338 e. The van der Waals surface area contributed by atoms with Crippen LogP contribution >= 0.6 is 0 Å². The summed E-state index contributed by atoms with van der Waals surface area (Å²) in [6.45, 7) is 8.32. The van der Waals surface area contributed by atoms with E-state index in [9.17, 15) is 9.59 Å². The second-order valence-electron chi connectivity index (χ2n) is 7.74. The molecule has 6 heteroatoms. The molecule has 0 aliphatic rings. The predicted molar refractivity (Wildman–Crippen MR) is 138 cm³/mol. The quantitative estimate of drug-likeness (QED) is 0.392. The number of nitrogens with zero attached hydrogens (tertiary/aromatic N) is 1. The minimum absolute atomic E-state index is 0.120. The third-order valence-corrected chi connectivity index (χ3v) is 4.13. The van der Waals surface area contributed by atoms with Crippen LogP contribution in [0.1, 0.15) is 48.4 Å². The number of hydrogen-bond acceptors (Lipinski definition) is 6. The van der Waals surface area contributed by atoms with E-state index < -0.39 is 0 Å². The Balaban J connectivity index is 0.000000355. The van der Waals surface area contributed by atoms with Crippen LogP contribution in [0.2, 0.25) is 0 Å². The van der Waals surface area contributed by atoms with E-state index in [0.717, 1.165) is 5.69 Å². The van der Waals surface area contributed by atoms with Crippen LogP contribution in [0.15, 0.2) is 48.5 Å². The number of ether oxygens (including phenoxy) is 3. The summed E-state index contributed by atoms with van der Waals surface area (Å²) in [5.41, 5.74) is 1.90. The maximum absolute atomic E-state index is 11.7. The molecule has 0 spiro atoms. The van der Waals surface area contributed by atoms with Crippen molar-refractivity contribution in [3.05, 3.63) is 59.7 Å². The molecule has 0 bridgehead atoms. The highest BCUT2D eigenvalue weighted by molar-refractivity contribution is 5.90. The zero-order valence-corrected chi connectivity index (χ0v) is 20.6. The standard InChI is InChI=1S/C16H17NO2.C13H14O3/c1-5-11-17(12-6-2)15-9-7-14(8-10-15)16(18)19-13(3)4;1-4-9-15-12-7-5-11(6-8-12)13(14)16-10(2)3/h1-2,7-10,13H,11-12H2,3-4H3;1,5-8,10H,9H2,2-3H3. The van der Waals surface area contributed by atoms with Crippen LogP contribution in [0.4, 0.5) is 5.69 Å². The highest BCUT2D eigenvalue weighted by atomic mass is 16.5. The fourth-order valence-corrected chi connectivity index (χ4v) is 2.64. The van der Waals surface area contributed by atoms with Gasteiger partial charge in [0.05, 0.1) is 36.4 Å². The van der Waals surface area contributed by atoms with Gasteiger partial charge in [-0.3, -0.25) is 0 Å². The topological polar surface area (TPSA) is 65.1 Å². The Bertz CT molecular complexity index is 1050. The van der Waals surface area contributed by atoms with Gasteiger partial charge in [0.2, 0.25) is 0 Å². The largest absolute Gasteiger partial charge is 0.481 e. The summed E-state index contributed by atoms with van der Waals surface area (Å²) in [7, 11) is 0. The summed E-state index contributed by atoms with van der Waals surface area (Å²) in [6.07, 6.45) is 15.4. The Morgan fingerprint density at radius 3 is 1.54 bits per heavy atom. The third-order valence-electron chi connectivity index (χ3n) is 4.13. The Hall–Kier alpha value is -4.34. The Morgan fingerprint density at radius 1 is 0.743 bits per heavy atom. The number of rotatable bonds is 9. The van der Waals surface area contributed by atoms with E-state index in [4.69, 9.17) is 33.5 Å². The van der Waals surface area contributed by atoms with Gasteiger partial charge in [-0.05, 0) is 76.2 Å². The van der Waals surface area contributed by atoms with Crippen molar-refractivity contribution in [1.29, 1.82) is 0 Å². The van der Waals surface area contributed by atoms with Gasteiger partial charge < -0.3 is 19.1 Å². The van der Waals surface area contributed by atoms with Gasteiger partial charge in [0, 0.05) is 5.69 Å². The van der Waals surface area contributed by atoms with Crippen molar-refractivity contribution in [2.75, 3.05) is 24.6 Å². The van der Waals surface area contributed by atoms with Crippen molar-refractivity contribution in [1.82, 2.24) is 0 Å². The normalized spacial score (nSPS) is 9.57. The number of benzene rings is 2. The van der Waals surface area contributed by atoms with Gasteiger partial charge in [-0.25, -0.2) is 9.59 Å². The number of anilines is 1. The second kappa shape index (κ2) is 15.5. The number of carbonyl (C=O) groups is 2. The Morgan fingerprint density at radius 2 is 1.17 bits per heavy atom. The molecule has 0 amide bonds. The zero-order chi connectivity index (χ0) is 26.2. The summed E-state index contributed by atoms with van der Waals surface area (Å²) in [4.78, 5) is 25.0. The molecule has 0 saturated carbocycles. The average molecular weight is 474 g/mol. The second-order valence-corrected chi connectivity index (χ2v) is 7.74. The minimum Gasteiger partial charge on any atom is -0.481 e. The average Bonchev–Trinajstić information content (AvgIpc) is 2.82. The molecule has 0 unspecified atom stereocenters. The molecule has 2 aromatic rings. The molecule has 0 radical (unpaired) electrons. The van der Waals surface area contributed by atoms with E-state index in [-0.39, 0.29) is 30.8 Å². The molecule has 0 fully saturated rings. The van der Waals surface area contributed by atoms with Crippen LogP contribution in [0.3, 0.4) is 0 Å². The summed E-state index contributed by atoms with van der Waals surface area (Å²) in [6, 6.07) is 13.7. The molecule has 6 nitrogen and oxygen atoms in total. The van der Waals surface area contributed by atoms with Gasteiger partial charge in [0.15, 0.2) is 0 Å². The summed E-state index contributed by atoms with van der Waals surface area (Å²) >= 11 is 0. The predicted octanol–water partition coefficient (Wildman–Crippen LogP) is 4.59.